The smallest absolute Gasteiger partial charge is 0.166 e. The molecule has 1 aromatic carbocycles. The van der Waals surface area contributed by atoms with E-state index in [0.29, 0.717) is 36.6 Å². The monoisotopic (exact) mass is 254 g/mol. The quantitative estimate of drug-likeness (QED) is 0.543. The van der Waals surface area contributed by atoms with Crippen molar-refractivity contribution in [2.75, 3.05) is 12.5 Å². The topological polar surface area (TPSA) is 26.3 Å². The Morgan fingerprint density at radius 3 is 2.82 bits per heavy atom. The number of carbonyl (C=O) groups excluding carboxylic acids is 1. The van der Waals surface area contributed by atoms with Gasteiger partial charge in [-0.2, -0.15) is 0 Å². The summed E-state index contributed by atoms with van der Waals surface area (Å²) in [6, 6.07) is 5.73. The Hall–Kier alpha value is -1.02. The number of carbonyl (C=O) groups is 1. The van der Waals surface area contributed by atoms with Crippen molar-refractivity contribution in [2.45, 2.75) is 33.1 Å². The molecule has 1 aromatic rings. The largest absolute Gasteiger partial charge is 0.493 e. The molecule has 0 N–H and O–H groups in total. The Morgan fingerprint density at radius 1 is 1.41 bits per heavy atom. The highest BCUT2D eigenvalue weighted by molar-refractivity contribution is 6.18. The first kappa shape index (κ1) is 14.0. The first-order valence-corrected chi connectivity index (χ1v) is 6.55. The minimum Gasteiger partial charge on any atom is -0.493 e. The predicted octanol–water partition coefficient (Wildman–Crippen LogP) is 3.99. The lowest BCUT2D eigenvalue weighted by Gasteiger charge is -2.10. The van der Waals surface area contributed by atoms with Crippen LogP contribution in [0.5, 0.6) is 5.75 Å². The van der Waals surface area contributed by atoms with Crippen molar-refractivity contribution < 1.29 is 9.53 Å². The summed E-state index contributed by atoms with van der Waals surface area (Å²) in [4.78, 5) is 12.0. The number of hydrogen-bond acceptors (Lipinski definition) is 2. The fraction of sp³-hybridized carbons (Fsp3) is 0.500. The van der Waals surface area contributed by atoms with Crippen molar-refractivity contribution in [3.05, 3.63) is 29.3 Å². The zero-order valence-corrected chi connectivity index (χ0v) is 11.2. The van der Waals surface area contributed by atoms with E-state index in [1.165, 1.54) is 0 Å². The number of alkyl halides is 1. The number of halogens is 1. The van der Waals surface area contributed by atoms with Gasteiger partial charge in [0.25, 0.3) is 0 Å². The van der Waals surface area contributed by atoms with Crippen LogP contribution in [-0.2, 0) is 0 Å². The van der Waals surface area contributed by atoms with E-state index in [2.05, 4.69) is 0 Å². The first-order chi connectivity index (χ1) is 8.19. The summed E-state index contributed by atoms with van der Waals surface area (Å²) in [6.45, 7) is 4.66. The highest BCUT2D eigenvalue weighted by Gasteiger charge is 2.12. The Bertz CT molecular complexity index is 374. The molecule has 0 saturated heterocycles. The number of rotatable bonds is 7. The van der Waals surface area contributed by atoms with Gasteiger partial charge in [-0.3, -0.25) is 4.79 Å². The Kier molecular flexibility index (Phi) is 6.06. The molecule has 0 fully saturated rings. The van der Waals surface area contributed by atoms with E-state index in [-0.39, 0.29) is 5.78 Å². The molecular formula is C14H19ClO2. The molecule has 0 saturated carbocycles. The predicted molar refractivity (Wildman–Crippen MR) is 71.2 cm³/mol. The summed E-state index contributed by atoms with van der Waals surface area (Å²) in [7, 11) is 0. The van der Waals surface area contributed by atoms with Gasteiger partial charge in [0.05, 0.1) is 12.2 Å². The number of hydrogen-bond donors (Lipinski definition) is 0. The van der Waals surface area contributed by atoms with Crippen molar-refractivity contribution in [3.8, 4) is 5.75 Å². The van der Waals surface area contributed by atoms with Gasteiger partial charge in [-0.1, -0.05) is 18.6 Å². The molecule has 0 bridgehead atoms. The van der Waals surface area contributed by atoms with Crippen LogP contribution in [0.3, 0.4) is 0 Å². The molecule has 0 aliphatic rings. The second-order valence-corrected chi connectivity index (χ2v) is 4.44. The van der Waals surface area contributed by atoms with Crippen molar-refractivity contribution >= 4 is 17.4 Å². The van der Waals surface area contributed by atoms with Crippen LogP contribution in [-0.4, -0.2) is 18.3 Å². The zero-order valence-electron chi connectivity index (χ0n) is 10.5. The third kappa shape index (κ3) is 4.39. The van der Waals surface area contributed by atoms with Crippen LogP contribution in [0, 0.1) is 6.92 Å². The second-order valence-electron chi connectivity index (χ2n) is 4.06. The van der Waals surface area contributed by atoms with Gasteiger partial charge >= 0.3 is 0 Å². The first-order valence-electron chi connectivity index (χ1n) is 6.01. The van der Waals surface area contributed by atoms with Crippen molar-refractivity contribution in [1.82, 2.24) is 0 Å². The normalized spacial score (nSPS) is 10.3. The number of ketones is 1. The summed E-state index contributed by atoms with van der Waals surface area (Å²) in [6.07, 6.45) is 2.13. The average Bonchev–Trinajstić information content (AvgIpc) is 2.34. The van der Waals surface area contributed by atoms with E-state index in [1.807, 2.05) is 32.0 Å². The van der Waals surface area contributed by atoms with Crippen molar-refractivity contribution in [3.63, 3.8) is 0 Å². The molecule has 94 valence electrons. The minimum atomic E-state index is 0.112. The van der Waals surface area contributed by atoms with E-state index in [4.69, 9.17) is 16.3 Å². The lowest BCUT2D eigenvalue weighted by atomic mass is 10.0. The number of aryl methyl sites for hydroxylation is 1. The summed E-state index contributed by atoms with van der Waals surface area (Å²) < 4.78 is 5.59. The molecule has 0 radical (unpaired) electrons. The molecule has 0 amide bonds. The van der Waals surface area contributed by atoms with Crippen LogP contribution in [0.15, 0.2) is 18.2 Å². The maximum atomic E-state index is 12.0. The molecule has 2 nitrogen and oxygen atoms in total. The maximum Gasteiger partial charge on any atom is 0.166 e. The molecule has 3 heteroatoms. The SMILES string of the molecule is CCCOc1ccc(C)cc1C(=O)CCCCl. The summed E-state index contributed by atoms with van der Waals surface area (Å²) in [5.41, 5.74) is 1.76. The molecule has 0 aromatic heterocycles. The lowest BCUT2D eigenvalue weighted by Crippen LogP contribution is -2.05. The van der Waals surface area contributed by atoms with Crippen LogP contribution in [0.4, 0.5) is 0 Å². The van der Waals surface area contributed by atoms with Crippen LogP contribution >= 0.6 is 11.6 Å². The third-order valence-corrected chi connectivity index (χ3v) is 2.70. The zero-order chi connectivity index (χ0) is 12.7. The summed E-state index contributed by atoms with van der Waals surface area (Å²) in [5, 5.41) is 0. The molecule has 0 aliphatic carbocycles. The number of benzene rings is 1. The van der Waals surface area contributed by atoms with Crippen LogP contribution in [0.1, 0.15) is 42.1 Å². The van der Waals surface area contributed by atoms with Gasteiger partial charge in [-0.25, -0.2) is 0 Å². The minimum absolute atomic E-state index is 0.112. The third-order valence-electron chi connectivity index (χ3n) is 2.43. The molecule has 0 heterocycles. The maximum absolute atomic E-state index is 12.0. The molecular weight excluding hydrogens is 236 g/mol. The summed E-state index contributed by atoms with van der Waals surface area (Å²) >= 11 is 5.60. The van der Waals surface area contributed by atoms with E-state index in [1.54, 1.807) is 0 Å². The standard InChI is InChI=1S/C14H19ClO2/c1-3-9-17-14-7-6-11(2)10-12(14)13(16)5-4-8-15/h6-7,10H,3-5,8-9H2,1-2H3. The van der Waals surface area contributed by atoms with Gasteiger partial charge in [0.2, 0.25) is 0 Å². The molecule has 0 spiro atoms. The fourth-order valence-electron chi connectivity index (χ4n) is 1.56. The van der Waals surface area contributed by atoms with E-state index < -0.39 is 0 Å². The second kappa shape index (κ2) is 7.33. The van der Waals surface area contributed by atoms with Gasteiger partial charge in [0.15, 0.2) is 5.78 Å². The summed E-state index contributed by atoms with van der Waals surface area (Å²) in [5.74, 6) is 1.32. The number of ether oxygens (including phenoxy) is 1. The molecule has 0 aliphatic heterocycles. The Morgan fingerprint density at radius 2 is 2.18 bits per heavy atom. The fourth-order valence-corrected chi connectivity index (χ4v) is 1.70. The van der Waals surface area contributed by atoms with E-state index >= 15 is 0 Å². The average molecular weight is 255 g/mol. The van der Waals surface area contributed by atoms with Gasteiger partial charge < -0.3 is 4.74 Å². The molecule has 17 heavy (non-hydrogen) atoms. The molecule has 0 atom stereocenters. The van der Waals surface area contributed by atoms with E-state index in [9.17, 15) is 4.79 Å². The van der Waals surface area contributed by atoms with Gasteiger partial charge in [-0.15, -0.1) is 11.6 Å². The van der Waals surface area contributed by atoms with Crippen LogP contribution in [0.25, 0.3) is 0 Å². The van der Waals surface area contributed by atoms with E-state index in [0.717, 1.165) is 12.0 Å². The van der Waals surface area contributed by atoms with Crippen molar-refractivity contribution in [1.29, 1.82) is 0 Å². The van der Waals surface area contributed by atoms with Gasteiger partial charge in [-0.05, 0) is 31.9 Å². The Labute approximate surface area is 108 Å². The van der Waals surface area contributed by atoms with Crippen LogP contribution in [0.2, 0.25) is 0 Å². The highest BCUT2D eigenvalue weighted by Crippen LogP contribution is 2.22. The molecule has 1 rings (SSSR count). The van der Waals surface area contributed by atoms with Gasteiger partial charge in [0, 0.05) is 12.3 Å². The lowest BCUT2D eigenvalue weighted by molar-refractivity contribution is 0.0978. The van der Waals surface area contributed by atoms with Gasteiger partial charge in [0.1, 0.15) is 5.75 Å². The number of Topliss-reactive ketones (excluding diaryl/α,β-unsaturated/α-hetero) is 1. The van der Waals surface area contributed by atoms with Crippen LogP contribution < -0.4 is 4.74 Å². The van der Waals surface area contributed by atoms with Crippen molar-refractivity contribution in [2.24, 2.45) is 0 Å². The highest BCUT2D eigenvalue weighted by atomic mass is 35.5. The molecule has 0 unspecified atom stereocenters. The Balaban J connectivity index is 2.85.